The number of nitrogens with zero attached hydrogens (tertiary/aromatic N) is 2. The van der Waals surface area contributed by atoms with E-state index in [1.165, 1.54) is 0 Å². The third-order valence-electron chi connectivity index (χ3n) is 4.00. The van der Waals surface area contributed by atoms with Crippen LogP contribution in [-0.2, 0) is 4.79 Å². The Morgan fingerprint density at radius 3 is 2.57 bits per heavy atom. The molecular weight excluding hydrogens is 292 g/mol. The van der Waals surface area contributed by atoms with Crippen LogP contribution in [0.15, 0.2) is 48.5 Å². The van der Waals surface area contributed by atoms with Crippen molar-refractivity contribution in [3.8, 4) is 5.75 Å². The van der Waals surface area contributed by atoms with Gasteiger partial charge in [-0.25, -0.2) is 0 Å². The van der Waals surface area contributed by atoms with Gasteiger partial charge in [0.15, 0.2) is 6.10 Å². The van der Waals surface area contributed by atoms with Gasteiger partial charge >= 0.3 is 0 Å². The molecule has 0 saturated carbocycles. The lowest BCUT2D eigenvalue weighted by atomic mass is 10.1. The van der Waals surface area contributed by atoms with Crippen molar-refractivity contribution < 1.29 is 14.3 Å². The van der Waals surface area contributed by atoms with E-state index in [0.29, 0.717) is 17.0 Å². The maximum atomic E-state index is 12.6. The fraction of sp³-hybridized carbons (Fsp3) is 0.222. The first-order chi connectivity index (χ1) is 11.0. The number of amides is 2. The summed E-state index contributed by atoms with van der Waals surface area (Å²) in [6.07, 6.45) is -0.551. The summed E-state index contributed by atoms with van der Waals surface area (Å²) in [6.45, 7) is 1.70. The Balaban J connectivity index is 1.92. The standard InChI is InChI=1S/C18H18N2O3/c1-12-17(21)20(3)15-10-9-13(11-16(15)23-12)18(22)19(2)14-7-5-4-6-8-14/h4-12H,1-3H3. The van der Waals surface area contributed by atoms with E-state index in [4.69, 9.17) is 4.74 Å². The second kappa shape index (κ2) is 5.76. The van der Waals surface area contributed by atoms with Gasteiger partial charge in [0, 0.05) is 25.3 Å². The number of benzene rings is 2. The number of fused-ring (bicyclic) bond motifs is 1. The Morgan fingerprint density at radius 2 is 1.87 bits per heavy atom. The Labute approximate surface area is 135 Å². The van der Waals surface area contributed by atoms with Crippen molar-refractivity contribution in [1.82, 2.24) is 0 Å². The van der Waals surface area contributed by atoms with Crippen molar-refractivity contribution in [1.29, 1.82) is 0 Å². The van der Waals surface area contributed by atoms with Crippen molar-refractivity contribution in [2.75, 3.05) is 23.9 Å². The molecule has 0 fully saturated rings. The number of hydrogen-bond acceptors (Lipinski definition) is 3. The minimum atomic E-state index is -0.551. The van der Waals surface area contributed by atoms with Crippen LogP contribution < -0.4 is 14.5 Å². The Hall–Kier alpha value is -2.82. The van der Waals surface area contributed by atoms with Gasteiger partial charge in [-0.1, -0.05) is 18.2 Å². The normalized spacial score (nSPS) is 16.6. The first-order valence-corrected chi connectivity index (χ1v) is 7.40. The smallest absolute Gasteiger partial charge is 0.267 e. The van der Waals surface area contributed by atoms with Crippen molar-refractivity contribution >= 4 is 23.2 Å². The molecular formula is C18H18N2O3. The van der Waals surface area contributed by atoms with Crippen molar-refractivity contribution in [2.45, 2.75) is 13.0 Å². The minimum absolute atomic E-state index is 0.0991. The molecule has 1 unspecified atom stereocenters. The van der Waals surface area contributed by atoms with Crippen LogP contribution in [0.25, 0.3) is 0 Å². The van der Waals surface area contributed by atoms with Gasteiger partial charge in [-0.15, -0.1) is 0 Å². The third-order valence-corrected chi connectivity index (χ3v) is 4.00. The number of carbonyl (C=O) groups is 2. The number of anilines is 2. The average Bonchev–Trinajstić information content (AvgIpc) is 2.59. The van der Waals surface area contributed by atoms with Crippen LogP contribution in [0, 0.1) is 0 Å². The van der Waals surface area contributed by atoms with E-state index in [-0.39, 0.29) is 11.8 Å². The summed E-state index contributed by atoms with van der Waals surface area (Å²) < 4.78 is 5.63. The van der Waals surface area contributed by atoms with E-state index in [1.807, 2.05) is 30.3 Å². The van der Waals surface area contributed by atoms with Crippen LogP contribution in [0.5, 0.6) is 5.75 Å². The number of rotatable bonds is 2. The van der Waals surface area contributed by atoms with Crippen LogP contribution in [0.1, 0.15) is 17.3 Å². The predicted octanol–water partition coefficient (Wildman–Crippen LogP) is 2.71. The minimum Gasteiger partial charge on any atom is -0.479 e. The molecule has 1 aliphatic rings. The van der Waals surface area contributed by atoms with Crippen molar-refractivity contribution in [3.05, 3.63) is 54.1 Å². The molecule has 1 aliphatic heterocycles. The SMILES string of the molecule is CC1Oc2cc(C(=O)N(C)c3ccccc3)ccc2N(C)C1=O. The van der Waals surface area contributed by atoms with Gasteiger partial charge in [0.25, 0.3) is 11.8 Å². The molecule has 0 bridgehead atoms. The Morgan fingerprint density at radius 1 is 1.17 bits per heavy atom. The zero-order chi connectivity index (χ0) is 16.6. The monoisotopic (exact) mass is 310 g/mol. The van der Waals surface area contributed by atoms with Gasteiger partial charge in [0.1, 0.15) is 5.75 Å². The second-order valence-electron chi connectivity index (χ2n) is 5.54. The molecule has 0 aromatic heterocycles. The summed E-state index contributed by atoms with van der Waals surface area (Å²) in [5, 5.41) is 0. The number of likely N-dealkylation sites (N-methyl/N-ethyl adjacent to an activating group) is 1. The highest BCUT2D eigenvalue weighted by molar-refractivity contribution is 6.07. The van der Waals surface area contributed by atoms with Gasteiger partial charge < -0.3 is 14.5 Å². The molecule has 0 N–H and O–H groups in total. The van der Waals surface area contributed by atoms with Gasteiger partial charge in [-0.2, -0.15) is 0 Å². The molecule has 0 spiro atoms. The van der Waals surface area contributed by atoms with E-state index in [9.17, 15) is 9.59 Å². The first kappa shape index (κ1) is 15.1. The van der Waals surface area contributed by atoms with E-state index < -0.39 is 6.10 Å². The fourth-order valence-corrected chi connectivity index (χ4v) is 2.61. The summed E-state index contributed by atoms with van der Waals surface area (Å²) in [4.78, 5) is 27.7. The van der Waals surface area contributed by atoms with Gasteiger partial charge in [-0.05, 0) is 37.3 Å². The largest absolute Gasteiger partial charge is 0.479 e. The van der Waals surface area contributed by atoms with Gasteiger partial charge in [0.05, 0.1) is 5.69 Å². The highest BCUT2D eigenvalue weighted by Gasteiger charge is 2.29. The molecule has 118 valence electrons. The second-order valence-corrected chi connectivity index (χ2v) is 5.54. The van der Waals surface area contributed by atoms with Crippen LogP contribution in [0.4, 0.5) is 11.4 Å². The lowest BCUT2D eigenvalue weighted by Gasteiger charge is -2.30. The van der Waals surface area contributed by atoms with E-state index in [1.54, 1.807) is 49.0 Å². The molecule has 1 heterocycles. The van der Waals surface area contributed by atoms with E-state index in [0.717, 1.165) is 5.69 Å². The zero-order valence-corrected chi connectivity index (χ0v) is 13.3. The molecule has 5 nitrogen and oxygen atoms in total. The van der Waals surface area contributed by atoms with Crippen LogP contribution >= 0.6 is 0 Å². The summed E-state index contributed by atoms with van der Waals surface area (Å²) in [5.41, 5.74) is 2.01. The van der Waals surface area contributed by atoms with Crippen molar-refractivity contribution in [2.24, 2.45) is 0 Å². The quantitative estimate of drug-likeness (QED) is 0.857. The van der Waals surface area contributed by atoms with Gasteiger partial charge in [-0.3, -0.25) is 9.59 Å². The summed E-state index contributed by atoms with van der Waals surface area (Å²) in [5.74, 6) is 0.319. The maximum Gasteiger partial charge on any atom is 0.267 e. The summed E-state index contributed by atoms with van der Waals surface area (Å²) in [7, 11) is 3.44. The number of para-hydroxylation sites is 1. The average molecular weight is 310 g/mol. The molecule has 2 amide bonds. The highest BCUT2D eigenvalue weighted by atomic mass is 16.5. The topological polar surface area (TPSA) is 49.9 Å². The van der Waals surface area contributed by atoms with Crippen molar-refractivity contribution in [3.63, 3.8) is 0 Å². The lowest BCUT2D eigenvalue weighted by Crippen LogP contribution is -2.42. The highest BCUT2D eigenvalue weighted by Crippen LogP contribution is 2.34. The molecule has 2 aromatic carbocycles. The maximum absolute atomic E-state index is 12.6. The van der Waals surface area contributed by atoms with E-state index in [2.05, 4.69) is 0 Å². The molecule has 1 atom stereocenters. The molecule has 0 radical (unpaired) electrons. The fourth-order valence-electron chi connectivity index (χ4n) is 2.61. The van der Waals surface area contributed by atoms with Gasteiger partial charge in [0.2, 0.25) is 0 Å². The molecule has 5 heteroatoms. The number of hydrogen-bond donors (Lipinski definition) is 0. The Kier molecular flexibility index (Phi) is 3.78. The lowest BCUT2D eigenvalue weighted by molar-refractivity contribution is -0.125. The summed E-state index contributed by atoms with van der Waals surface area (Å²) >= 11 is 0. The predicted molar refractivity (Wildman–Crippen MR) is 89.1 cm³/mol. The number of carbonyl (C=O) groups excluding carboxylic acids is 2. The molecule has 0 aliphatic carbocycles. The molecule has 23 heavy (non-hydrogen) atoms. The zero-order valence-electron chi connectivity index (χ0n) is 13.3. The molecule has 3 rings (SSSR count). The van der Waals surface area contributed by atoms with Crippen LogP contribution in [0.3, 0.4) is 0 Å². The number of ether oxygens (including phenoxy) is 1. The Bertz CT molecular complexity index is 758. The van der Waals surface area contributed by atoms with Crippen LogP contribution in [0.2, 0.25) is 0 Å². The third kappa shape index (κ3) is 2.65. The first-order valence-electron chi connectivity index (χ1n) is 7.40. The molecule has 2 aromatic rings. The van der Waals surface area contributed by atoms with Crippen LogP contribution in [-0.4, -0.2) is 32.0 Å². The van der Waals surface area contributed by atoms with E-state index >= 15 is 0 Å². The molecule has 0 saturated heterocycles. The summed E-state index contributed by atoms with van der Waals surface area (Å²) in [6, 6.07) is 14.6.